The molecule has 0 aliphatic carbocycles. The minimum absolute atomic E-state index is 0.0212. The Morgan fingerprint density at radius 1 is 1.19 bits per heavy atom. The van der Waals surface area contributed by atoms with Crippen molar-refractivity contribution in [3.63, 3.8) is 0 Å². The summed E-state index contributed by atoms with van der Waals surface area (Å²) in [6.45, 7) is 6.29. The number of rotatable bonds is 2. The predicted octanol–water partition coefficient (Wildman–Crippen LogP) is 1.98. The molecule has 1 aromatic rings. The normalized spacial score (nSPS) is 24.6. The first-order valence-electron chi connectivity index (χ1n) is 5.50. The molecule has 1 aliphatic heterocycles. The molecule has 3 nitrogen and oxygen atoms in total. The van der Waals surface area contributed by atoms with Gasteiger partial charge in [-0.25, -0.2) is 0 Å². The lowest BCUT2D eigenvalue weighted by Gasteiger charge is -2.44. The molecule has 2 rings (SSSR count). The summed E-state index contributed by atoms with van der Waals surface area (Å²) in [4.78, 5) is 11.5. The van der Waals surface area contributed by atoms with E-state index in [1.165, 1.54) is 0 Å². The lowest BCUT2D eigenvalue weighted by atomic mass is 9.78. The van der Waals surface area contributed by atoms with Crippen LogP contribution in [-0.4, -0.2) is 18.1 Å². The summed E-state index contributed by atoms with van der Waals surface area (Å²) in [5, 5.41) is 2.89. The zero-order chi connectivity index (χ0) is 11.8. The van der Waals surface area contributed by atoms with Crippen LogP contribution in [0.5, 0.6) is 5.75 Å². The molecule has 86 valence electrons. The summed E-state index contributed by atoms with van der Waals surface area (Å²) in [5.41, 5.74) is 0.0212. The summed E-state index contributed by atoms with van der Waals surface area (Å²) in [6, 6.07) is 9.54. The Bertz CT molecular complexity index is 381. The van der Waals surface area contributed by atoms with Gasteiger partial charge in [0.05, 0.1) is 6.04 Å². The monoisotopic (exact) mass is 219 g/mol. The third kappa shape index (κ3) is 2.03. The molecule has 1 fully saturated rings. The van der Waals surface area contributed by atoms with Crippen LogP contribution in [0, 0.1) is 5.41 Å². The Balaban J connectivity index is 2.07. The Morgan fingerprint density at radius 3 is 2.31 bits per heavy atom. The number of para-hydroxylation sites is 1. The fourth-order valence-corrected chi connectivity index (χ4v) is 1.80. The summed E-state index contributed by atoms with van der Waals surface area (Å²) in [6.07, 6.45) is -0.359. The number of carbonyl (C=O) groups is 1. The molecule has 0 bridgehead atoms. The van der Waals surface area contributed by atoms with E-state index < -0.39 is 0 Å². The number of amides is 1. The lowest BCUT2D eigenvalue weighted by Crippen LogP contribution is -2.69. The van der Waals surface area contributed by atoms with E-state index in [1.54, 1.807) is 0 Å². The Labute approximate surface area is 95.8 Å². The van der Waals surface area contributed by atoms with Gasteiger partial charge in [-0.1, -0.05) is 39.0 Å². The van der Waals surface area contributed by atoms with Gasteiger partial charge in [-0.2, -0.15) is 0 Å². The molecule has 1 N–H and O–H groups in total. The van der Waals surface area contributed by atoms with E-state index >= 15 is 0 Å². The highest BCUT2D eigenvalue weighted by Gasteiger charge is 2.47. The standard InChI is InChI=1S/C13H17NO2/c1-13(2,3)11-10(12(15)14-11)16-9-7-5-4-6-8-9/h4-8,10-11H,1-3H3,(H,14,15)/t10-,11-/m1/s1. The zero-order valence-electron chi connectivity index (χ0n) is 9.86. The third-order valence-electron chi connectivity index (χ3n) is 2.80. The van der Waals surface area contributed by atoms with Crippen molar-refractivity contribution >= 4 is 5.91 Å². The van der Waals surface area contributed by atoms with Gasteiger partial charge in [0.1, 0.15) is 5.75 Å². The second kappa shape index (κ2) is 3.81. The van der Waals surface area contributed by atoms with Gasteiger partial charge in [-0.3, -0.25) is 4.79 Å². The van der Waals surface area contributed by atoms with Crippen molar-refractivity contribution < 1.29 is 9.53 Å². The number of nitrogens with one attached hydrogen (secondary N) is 1. The second-order valence-corrected chi connectivity index (χ2v) is 5.20. The van der Waals surface area contributed by atoms with Crippen LogP contribution in [0.25, 0.3) is 0 Å². The first-order valence-corrected chi connectivity index (χ1v) is 5.50. The average molecular weight is 219 g/mol. The van der Waals surface area contributed by atoms with E-state index in [-0.39, 0.29) is 23.5 Å². The van der Waals surface area contributed by atoms with Crippen LogP contribution in [0.2, 0.25) is 0 Å². The quantitative estimate of drug-likeness (QED) is 0.772. The predicted molar refractivity (Wildman–Crippen MR) is 62.2 cm³/mol. The van der Waals surface area contributed by atoms with E-state index in [9.17, 15) is 4.79 Å². The Morgan fingerprint density at radius 2 is 1.81 bits per heavy atom. The highest BCUT2D eigenvalue weighted by atomic mass is 16.5. The van der Waals surface area contributed by atoms with Gasteiger partial charge in [-0.05, 0) is 17.5 Å². The second-order valence-electron chi connectivity index (χ2n) is 5.20. The van der Waals surface area contributed by atoms with Crippen molar-refractivity contribution in [1.82, 2.24) is 5.32 Å². The van der Waals surface area contributed by atoms with Gasteiger partial charge in [-0.15, -0.1) is 0 Å². The van der Waals surface area contributed by atoms with Crippen molar-refractivity contribution in [2.75, 3.05) is 0 Å². The SMILES string of the molecule is CC(C)(C)[C@@H]1NC(=O)[C@@H]1Oc1ccccc1. The summed E-state index contributed by atoms with van der Waals surface area (Å²) >= 11 is 0. The van der Waals surface area contributed by atoms with Gasteiger partial charge in [0.15, 0.2) is 6.10 Å². The molecule has 0 saturated carbocycles. The highest BCUT2D eigenvalue weighted by molar-refractivity contribution is 5.88. The average Bonchev–Trinajstić information content (AvgIpc) is 2.22. The number of hydrogen-bond donors (Lipinski definition) is 1. The molecule has 0 unspecified atom stereocenters. The molecule has 0 radical (unpaired) electrons. The van der Waals surface area contributed by atoms with Gasteiger partial charge < -0.3 is 10.1 Å². The smallest absolute Gasteiger partial charge is 0.263 e. The van der Waals surface area contributed by atoms with Crippen molar-refractivity contribution in [3.8, 4) is 5.75 Å². The molecule has 0 spiro atoms. The number of carbonyl (C=O) groups excluding carboxylic acids is 1. The molecule has 16 heavy (non-hydrogen) atoms. The topological polar surface area (TPSA) is 38.3 Å². The van der Waals surface area contributed by atoms with Crippen molar-refractivity contribution in [2.45, 2.75) is 32.9 Å². The summed E-state index contributed by atoms with van der Waals surface area (Å²) < 4.78 is 5.69. The molecule has 1 aromatic carbocycles. The van der Waals surface area contributed by atoms with Crippen LogP contribution in [-0.2, 0) is 4.79 Å². The number of β-lactam (4-membered cyclic amide) rings is 1. The van der Waals surface area contributed by atoms with Crippen LogP contribution in [0.3, 0.4) is 0 Å². The van der Waals surface area contributed by atoms with Gasteiger partial charge in [0.25, 0.3) is 5.91 Å². The fraction of sp³-hybridized carbons (Fsp3) is 0.462. The van der Waals surface area contributed by atoms with Crippen molar-refractivity contribution in [3.05, 3.63) is 30.3 Å². The van der Waals surface area contributed by atoms with Gasteiger partial charge in [0.2, 0.25) is 0 Å². The third-order valence-corrected chi connectivity index (χ3v) is 2.80. The van der Waals surface area contributed by atoms with E-state index in [0.29, 0.717) is 0 Å². The van der Waals surface area contributed by atoms with Crippen molar-refractivity contribution in [2.24, 2.45) is 5.41 Å². The van der Waals surface area contributed by atoms with Gasteiger partial charge >= 0.3 is 0 Å². The highest BCUT2D eigenvalue weighted by Crippen LogP contribution is 2.29. The maximum absolute atomic E-state index is 11.5. The maximum Gasteiger partial charge on any atom is 0.263 e. The van der Waals surface area contributed by atoms with Crippen LogP contribution in [0.1, 0.15) is 20.8 Å². The number of benzene rings is 1. The molecule has 1 aliphatic rings. The molecule has 1 heterocycles. The minimum Gasteiger partial charge on any atom is -0.478 e. The largest absolute Gasteiger partial charge is 0.478 e. The zero-order valence-corrected chi connectivity index (χ0v) is 9.86. The van der Waals surface area contributed by atoms with E-state index in [4.69, 9.17) is 4.74 Å². The van der Waals surface area contributed by atoms with E-state index in [0.717, 1.165) is 5.75 Å². The lowest BCUT2D eigenvalue weighted by molar-refractivity contribution is -0.144. The first kappa shape index (κ1) is 11.0. The van der Waals surface area contributed by atoms with Crippen LogP contribution in [0.15, 0.2) is 30.3 Å². The molecule has 1 amide bonds. The van der Waals surface area contributed by atoms with E-state index in [2.05, 4.69) is 26.1 Å². The van der Waals surface area contributed by atoms with Crippen LogP contribution in [0.4, 0.5) is 0 Å². The summed E-state index contributed by atoms with van der Waals surface area (Å²) in [5.74, 6) is 0.723. The molecular weight excluding hydrogens is 202 g/mol. The maximum atomic E-state index is 11.5. The van der Waals surface area contributed by atoms with Crippen molar-refractivity contribution in [1.29, 1.82) is 0 Å². The molecule has 1 saturated heterocycles. The molecule has 0 aromatic heterocycles. The summed E-state index contributed by atoms with van der Waals surface area (Å²) in [7, 11) is 0. The Kier molecular flexibility index (Phi) is 2.62. The molecular formula is C13H17NO2. The van der Waals surface area contributed by atoms with Gasteiger partial charge in [0, 0.05) is 0 Å². The first-order chi connectivity index (χ1) is 7.48. The van der Waals surface area contributed by atoms with E-state index in [1.807, 2.05) is 30.3 Å². The van der Waals surface area contributed by atoms with Crippen LogP contribution < -0.4 is 10.1 Å². The Hall–Kier alpha value is -1.51. The van der Waals surface area contributed by atoms with Crippen LogP contribution >= 0.6 is 0 Å². The number of ether oxygens (including phenoxy) is 1. The fourth-order valence-electron chi connectivity index (χ4n) is 1.80. The number of hydrogen-bond acceptors (Lipinski definition) is 2. The molecule has 3 heteroatoms. The molecule has 2 atom stereocenters. The minimum atomic E-state index is -0.359.